The summed E-state index contributed by atoms with van der Waals surface area (Å²) >= 11 is 0. The van der Waals surface area contributed by atoms with Crippen molar-refractivity contribution < 1.29 is 13.9 Å². The van der Waals surface area contributed by atoms with E-state index in [1.807, 2.05) is 6.07 Å². The van der Waals surface area contributed by atoms with Gasteiger partial charge in [-0.2, -0.15) is 15.8 Å². The predicted octanol–water partition coefficient (Wildman–Crippen LogP) is 3.33. The molecule has 4 aliphatic rings. The third-order valence-corrected chi connectivity index (χ3v) is 5.99. The number of ether oxygens (including phenoxy) is 2. The molecule has 1 aliphatic carbocycles. The minimum Gasteiger partial charge on any atom is -0.447 e. The minimum atomic E-state index is -1.90. The molecule has 1 N–H and O–H groups in total. The summed E-state index contributed by atoms with van der Waals surface area (Å²) in [4.78, 5) is 0. The number of fused-ring (bicyclic) bond motifs is 2. The van der Waals surface area contributed by atoms with Crippen molar-refractivity contribution in [2.75, 3.05) is 0 Å². The Bertz CT molecular complexity index is 895. The van der Waals surface area contributed by atoms with Gasteiger partial charge in [-0.1, -0.05) is 18.6 Å². The van der Waals surface area contributed by atoms with Crippen molar-refractivity contribution in [2.24, 2.45) is 16.7 Å². The van der Waals surface area contributed by atoms with Crippen molar-refractivity contribution >= 4 is 5.90 Å². The Morgan fingerprint density at radius 2 is 1.77 bits per heavy atom. The van der Waals surface area contributed by atoms with Crippen LogP contribution in [-0.2, 0) is 9.47 Å². The number of nitriles is 3. The number of benzene rings is 1. The first-order valence-corrected chi connectivity index (χ1v) is 8.45. The Balaban J connectivity index is 2.00. The van der Waals surface area contributed by atoms with Gasteiger partial charge in [0.15, 0.2) is 10.8 Å². The molecule has 3 saturated heterocycles. The van der Waals surface area contributed by atoms with Crippen LogP contribution in [0.25, 0.3) is 0 Å². The van der Waals surface area contributed by atoms with Gasteiger partial charge < -0.3 is 9.47 Å². The monoisotopic (exact) mass is 350 g/mol. The fourth-order valence-corrected chi connectivity index (χ4v) is 4.78. The van der Waals surface area contributed by atoms with E-state index in [1.54, 1.807) is 0 Å². The highest BCUT2D eigenvalue weighted by atomic mass is 19.1. The van der Waals surface area contributed by atoms with E-state index in [4.69, 9.17) is 14.9 Å². The van der Waals surface area contributed by atoms with Crippen molar-refractivity contribution in [3.8, 4) is 18.2 Å². The van der Waals surface area contributed by atoms with E-state index in [0.29, 0.717) is 18.4 Å². The van der Waals surface area contributed by atoms with E-state index in [-0.39, 0.29) is 0 Å². The molecule has 3 heterocycles. The number of hydrogen-bond acceptors (Lipinski definition) is 6. The highest BCUT2D eigenvalue weighted by Crippen LogP contribution is 2.69. The molecule has 0 aromatic heterocycles. The fraction of sp³-hybridized carbons (Fsp3) is 0.474. The first kappa shape index (κ1) is 16.5. The van der Waals surface area contributed by atoms with Gasteiger partial charge in [0.25, 0.3) is 0 Å². The van der Waals surface area contributed by atoms with Gasteiger partial charge in [0, 0.05) is 6.42 Å². The van der Waals surface area contributed by atoms with E-state index in [1.165, 1.54) is 24.3 Å². The molecule has 1 aromatic rings. The SMILES string of the molecule is N#CC1(C#N)[C@H]2CCCC[C@]23OC(=N)[C@@]1(C#N)[C@H](c1ccc(F)cc1)O3. The lowest BCUT2D eigenvalue weighted by Gasteiger charge is -2.63. The van der Waals surface area contributed by atoms with Crippen molar-refractivity contribution in [1.29, 1.82) is 21.2 Å². The molecule has 6 nitrogen and oxygen atoms in total. The molecule has 1 saturated carbocycles. The third-order valence-electron chi connectivity index (χ3n) is 5.99. The lowest BCUT2D eigenvalue weighted by atomic mass is 9.48. The Morgan fingerprint density at radius 1 is 1.08 bits per heavy atom. The Morgan fingerprint density at radius 3 is 2.38 bits per heavy atom. The third kappa shape index (κ3) is 1.68. The van der Waals surface area contributed by atoms with Gasteiger partial charge in [0.2, 0.25) is 11.7 Å². The molecular formula is C19H15FN4O2. The lowest BCUT2D eigenvalue weighted by molar-refractivity contribution is -0.360. The number of halogens is 1. The van der Waals surface area contributed by atoms with Crippen LogP contribution in [0.2, 0.25) is 0 Å². The van der Waals surface area contributed by atoms with Crippen molar-refractivity contribution in [1.82, 2.24) is 0 Å². The predicted molar refractivity (Wildman–Crippen MR) is 85.4 cm³/mol. The molecular weight excluding hydrogens is 335 g/mol. The zero-order chi connectivity index (χ0) is 18.6. The van der Waals surface area contributed by atoms with Crippen LogP contribution in [0.5, 0.6) is 0 Å². The van der Waals surface area contributed by atoms with Crippen LogP contribution < -0.4 is 0 Å². The number of hydrogen-bond donors (Lipinski definition) is 1. The summed E-state index contributed by atoms with van der Waals surface area (Å²) in [5.41, 5.74) is -3.23. The molecule has 1 aromatic carbocycles. The second-order valence-corrected chi connectivity index (χ2v) is 7.04. The van der Waals surface area contributed by atoms with Crippen LogP contribution in [-0.4, -0.2) is 11.7 Å². The van der Waals surface area contributed by atoms with E-state index < -0.39 is 40.4 Å². The zero-order valence-electron chi connectivity index (χ0n) is 13.8. The van der Waals surface area contributed by atoms with Crippen LogP contribution in [0.4, 0.5) is 4.39 Å². The highest BCUT2D eigenvalue weighted by Gasteiger charge is 2.80. The maximum atomic E-state index is 13.4. The van der Waals surface area contributed by atoms with E-state index >= 15 is 0 Å². The van der Waals surface area contributed by atoms with Crippen molar-refractivity contribution in [2.45, 2.75) is 37.6 Å². The van der Waals surface area contributed by atoms with Gasteiger partial charge in [-0.3, -0.25) is 5.41 Å². The first-order chi connectivity index (χ1) is 12.5. The average Bonchev–Trinajstić information content (AvgIpc) is 2.66. The summed E-state index contributed by atoms with van der Waals surface area (Å²) in [5.74, 6) is -2.77. The molecule has 4 atom stereocenters. The van der Waals surface area contributed by atoms with Gasteiger partial charge >= 0.3 is 0 Å². The van der Waals surface area contributed by atoms with Gasteiger partial charge in [-0.05, 0) is 30.5 Å². The molecule has 1 spiro atoms. The molecule has 2 bridgehead atoms. The first-order valence-electron chi connectivity index (χ1n) is 8.45. The molecule has 5 rings (SSSR count). The van der Waals surface area contributed by atoms with Crippen molar-refractivity contribution in [3.05, 3.63) is 35.6 Å². The molecule has 7 heteroatoms. The number of nitrogens with one attached hydrogen (secondary N) is 1. The molecule has 4 fully saturated rings. The summed E-state index contributed by atoms with van der Waals surface area (Å²) in [7, 11) is 0. The van der Waals surface area contributed by atoms with Crippen LogP contribution in [0, 0.1) is 62.0 Å². The highest BCUT2D eigenvalue weighted by molar-refractivity contribution is 5.89. The lowest BCUT2D eigenvalue weighted by Crippen LogP contribution is -2.73. The summed E-state index contributed by atoms with van der Waals surface area (Å²) in [5, 5.41) is 38.6. The molecule has 0 unspecified atom stereocenters. The minimum absolute atomic E-state index is 0.415. The van der Waals surface area contributed by atoms with Crippen molar-refractivity contribution in [3.63, 3.8) is 0 Å². The summed E-state index contributed by atoms with van der Waals surface area (Å²) in [6, 6.07) is 11.5. The topological polar surface area (TPSA) is 114 Å². The summed E-state index contributed by atoms with van der Waals surface area (Å²) in [6.07, 6.45) is 1.45. The van der Waals surface area contributed by atoms with E-state index in [2.05, 4.69) is 12.1 Å². The number of rotatable bonds is 1. The van der Waals surface area contributed by atoms with Gasteiger partial charge in [0.05, 0.1) is 24.1 Å². The standard InChI is InChI=1S/C19H15FN4O2/c20-13-6-4-12(5-7-13)15-18(11-23)16(24)26-19(25-15)8-2-1-3-14(19)17(18,9-21)10-22/h4-7,14-15,24H,1-3,8H2/t14-,15+,18-,19+/m1/s1. The van der Waals surface area contributed by atoms with Crippen LogP contribution in [0.1, 0.15) is 37.4 Å². The normalized spacial score (nSPS) is 36.8. The molecule has 0 amide bonds. The second-order valence-electron chi connectivity index (χ2n) is 7.04. The maximum absolute atomic E-state index is 13.4. The van der Waals surface area contributed by atoms with Gasteiger partial charge in [-0.15, -0.1) is 0 Å². The van der Waals surface area contributed by atoms with Crippen LogP contribution in [0.15, 0.2) is 24.3 Å². The van der Waals surface area contributed by atoms with Gasteiger partial charge in [-0.25, -0.2) is 4.39 Å². The van der Waals surface area contributed by atoms with E-state index in [0.717, 1.165) is 12.8 Å². The largest absolute Gasteiger partial charge is 0.447 e. The number of nitrogens with zero attached hydrogens (tertiary/aromatic N) is 3. The smallest absolute Gasteiger partial charge is 0.218 e. The Labute approximate surface area is 149 Å². The Hall–Kier alpha value is -2.95. The summed E-state index contributed by atoms with van der Waals surface area (Å²) in [6.45, 7) is 0. The van der Waals surface area contributed by atoms with E-state index in [9.17, 15) is 20.2 Å². The molecule has 130 valence electrons. The van der Waals surface area contributed by atoms with Crippen LogP contribution >= 0.6 is 0 Å². The Kier molecular flexibility index (Phi) is 3.35. The second kappa shape index (κ2) is 5.27. The quantitative estimate of drug-likeness (QED) is 0.834. The molecule has 0 radical (unpaired) electrons. The van der Waals surface area contributed by atoms with Gasteiger partial charge in [0.1, 0.15) is 11.9 Å². The molecule has 3 aliphatic heterocycles. The average molecular weight is 350 g/mol. The van der Waals surface area contributed by atoms with Crippen LogP contribution in [0.3, 0.4) is 0 Å². The molecule has 26 heavy (non-hydrogen) atoms. The zero-order valence-corrected chi connectivity index (χ0v) is 13.8. The summed E-state index contributed by atoms with van der Waals surface area (Å²) < 4.78 is 25.4. The maximum Gasteiger partial charge on any atom is 0.218 e. The fourth-order valence-electron chi connectivity index (χ4n) is 4.78.